The second-order valence-corrected chi connectivity index (χ2v) is 10.0. The topological polar surface area (TPSA) is 84.4 Å². The first kappa shape index (κ1) is 24.7. The molecule has 5 rings (SSSR count). The van der Waals surface area contributed by atoms with E-state index >= 15 is 0 Å². The van der Waals surface area contributed by atoms with Gasteiger partial charge in [-0.1, -0.05) is 29.3 Å². The lowest BCUT2D eigenvalue weighted by Crippen LogP contribution is -2.48. The van der Waals surface area contributed by atoms with Crippen molar-refractivity contribution < 1.29 is 4.79 Å². The molecule has 1 aliphatic rings. The smallest absolute Gasteiger partial charge is 0.222 e. The molecule has 9 nitrogen and oxygen atoms in total. The SMILES string of the molecule is Cc1nn(-c2ccc3nnc(C)n3n2)c(C)c1CCC(=O)N1CCN(Cc2ccc(Cl)cc2Cl)CC1. The molecule has 0 unspecified atom stereocenters. The Morgan fingerprint density at radius 2 is 1.75 bits per heavy atom. The van der Waals surface area contributed by atoms with Crippen LogP contribution in [0.25, 0.3) is 11.5 Å². The van der Waals surface area contributed by atoms with Crippen LogP contribution in [0.15, 0.2) is 30.3 Å². The number of aryl methyl sites for hydroxylation is 2. The van der Waals surface area contributed by atoms with Gasteiger partial charge in [-0.3, -0.25) is 9.69 Å². The van der Waals surface area contributed by atoms with E-state index < -0.39 is 0 Å². The number of fused-ring (bicyclic) bond motifs is 1. The largest absolute Gasteiger partial charge is 0.340 e. The predicted octanol–water partition coefficient (Wildman–Crippen LogP) is 3.82. The summed E-state index contributed by atoms with van der Waals surface area (Å²) in [6.07, 6.45) is 1.10. The van der Waals surface area contributed by atoms with Gasteiger partial charge in [0, 0.05) is 54.9 Å². The highest BCUT2D eigenvalue weighted by Gasteiger charge is 2.23. The normalized spacial score (nSPS) is 14.6. The van der Waals surface area contributed by atoms with E-state index in [1.165, 1.54) is 0 Å². The van der Waals surface area contributed by atoms with E-state index in [1.807, 2.05) is 54.6 Å². The summed E-state index contributed by atoms with van der Waals surface area (Å²) in [5.41, 5.74) is 4.73. The van der Waals surface area contributed by atoms with E-state index in [-0.39, 0.29) is 5.91 Å². The number of amides is 1. The maximum absolute atomic E-state index is 13.0. The van der Waals surface area contributed by atoms with Gasteiger partial charge in [0.25, 0.3) is 0 Å². The zero-order chi connectivity index (χ0) is 25.4. The molecule has 1 fully saturated rings. The first-order valence-corrected chi connectivity index (χ1v) is 12.7. The number of aromatic nitrogens is 6. The zero-order valence-corrected chi connectivity index (χ0v) is 22.1. The molecule has 0 N–H and O–H groups in total. The summed E-state index contributed by atoms with van der Waals surface area (Å²) < 4.78 is 3.53. The third-order valence-electron chi connectivity index (χ3n) is 6.79. The van der Waals surface area contributed by atoms with Gasteiger partial charge in [0.15, 0.2) is 17.3 Å². The van der Waals surface area contributed by atoms with E-state index in [0.29, 0.717) is 47.4 Å². The van der Waals surface area contributed by atoms with Crippen molar-refractivity contribution in [1.82, 2.24) is 39.4 Å². The molecule has 4 heterocycles. The van der Waals surface area contributed by atoms with E-state index in [4.69, 9.17) is 28.3 Å². The van der Waals surface area contributed by atoms with Gasteiger partial charge in [0.05, 0.1) is 5.69 Å². The van der Waals surface area contributed by atoms with E-state index in [1.54, 1.807) is 10.6 Å². The Hall–Kier alpha value is -3.01. The maximum Gasteiger partial charge on any atom is 0.222 e. The number of hydrogen-bond acceptors (Lipinski definition) is 6. The number of benzene rings is 1. The molecule has 0 saturated carbocycles. The lowest BCUT2D eigenvalue weighted by Gasteiger charge is -2.35. The number of rotatable bonds is 6. The van der Waals surface area contributed by atoms with E-state index in [0.717, 1.165) is 48.0 Å². The van der Waals surface area contributed by atoms with Crippen LogP contribution in [0.2, 0.25) is 10.0 Å². The van der Waals surface area contributed by atoms with Crippen LogP contribution in [0, 0.1) is 20.8 Å². The summed E-state index contributed by atoms with van der Waals surface area (Å²) in [6.45, 7) is 9.67. The van der Waals surface area contributed by atoms with Crippen LogP contribution in [0.4, 0.5) is 0 Å². The number of carbonyl (C=O) groups excluding carboxylic acids is 1. The van der Waals surface area contributed by atoms with Gasteiger partial charge >= 0.3 is 0 Å². The van der Waals surface area contributed by atoms with Crippen molar-refractivity contribution in [3.05, 3.63) is 68.7 Å². The minimum atomic E-state index is 0.172. The number of halogens is 2. The molecule has 1 aliphatic heterocycles. The van der Waals surface area contributed by atoms with Crippen LogP contribution in [0.5, 0.6) is 0 Å². The third-order valence-corrected chi connectivity index (χ3v) is 7.37. The number of carbonyl (C=O) groups is 1. The van der Waals surface area contributed by atoms with Gasteiger partial charge in [-0.05, 0) is 62.6 Å². The van der Waals surface area contributed by atoms with Crippen molar-refractivity contribution in [2.24, 2.45) is 0 Å². The van der Waals surface area contributed by atoms with Gasteiger partial charge in [-0.15, -0.1) is 15.3 Å². The van der Waals surface area contributed by atoms with Gasteiger partial charge in [-0.25, -0.2) is 4.68 Å². The number of piperazine rings is 1. The second kappa shape index (κ2) is 10.2. The molecular weight excluding hydrogens is 499 g/mol. The van der Waals surface area contributed by atoms with Crippen LogP contribution >= 0.6 is 23.2 Å². The number of nitrogens with zero attached hydrogens (tertiary/aromatic N) is 8. The highest BCUT2D eigenvalue weighted by Crippen LogP contribution is 2.23. The minimum Gasteiger partial charge on any atom is -0.340 e. The Morgan fingerprint density at radius 3 is 2.50 bits per heavy atom. The molecule has 0 spiro atoms. The van der Waals surface area contributed by atoms with E-state index in [2.05, 4.69) is 20.2 Å². The predicted molar refractivity (Wildman–Crippen MR) is 139 cm³/mol. The molecular formula is C25H28Cl2N8O. The van der Waals surface area contributed by atoms with Crippen LogP contribution in [-0.2, 0) is 17.8 Å². The van der Waals surface area contributed by atoms with Crippen LogP contribution < -0.4 is 0 Å². The molecule has 0 radical (unpaired) electrons. The summed E-state index contributed by atoms with van der Waals surface area (Å²) in [7, 11) is 0. The van der Waals surface area contributed by atoms with Crippen molar-refractivity contribution in [3.63, 3.8) is 0 Å². The van der Waals surface area contributed by atoms with Crippen molar-refractivity contribution in [2.75, 3.05) is 26.2 Å². The minimum absolute atomic E-state index is 0.172. The molecule has 0 atom stereocenters. The fraction of sp³-hybridized carbons (Fsp3) is 0.400. The van der Waals surface area contributed by atoms with Crippen molar-refractivity contribution >= 4 is 34.8 Å². The molecule has 36 heavy (non-hydrogen) atoms. The summed E-state index contributed by atoms with van der Waals surface area (Å²) in [5.74, 6) is 1.58. The van der Waals surface area contributed by atoms with E-state index in [9.17, 15) is 4.79 Å². The summed E-state index contributed by atoms with van der Waals surface area (Å²) in [5, 5.41) is 18.8. The van der Waals surface area contributed by atoms with Crippen LogP contribution in [0.3, 0.4) is 0 Å². The first-order chi connectivity index (χ1) is 17.3. The zero-order valence-electron chi connectivity index (χ0n) is 20.6. The third kappa shape index (κ3) is 4.96. The molecule has 3 aromatic heterocycles. The summed E-state index contributed by atoms with van der Waals surface area (Å²) in [6, 6.07) is 9.36. The molecule has 1 aromatic carbocycles. The van der Waals surface area contributed by atoms with Crippen molar-refractivity contribution in [1.29, 1.82) is 0 Å². The first-order valence-electron chi connectivity index (χ1n) is 12.0. The maximum atomic E-state index is 13.0. The highest BCUT2D eigenvalue weighted by molar-refractivity contribution is 6.35. The van der Waals surface area contributed by atoms with Crippen molar-refractivity contribution in [2.45, 2.75) is 40.2 Å². The average Bonchev–Trinajstić information content (AvgIpc) is 3.38. The molecule has 1 saturated heterocycles. The van der Waals surface area contributed by atoms with Gasteiger partial charge in [0.1, 0.15) is 0 Å². The second-order valence-electron chi connectivity index (χ2n) is 9.16. The Kier molecular flexibility index (Phi) is 6.96. The van der Waals surface area contributed by atoms with Crippen LogP contribution in [0.1, 0.15) is 34.8 Å². The molecule has 0 aliphatic carbocycles. The summed E-state index contributed by atoms with van der Waals surface area (Å²) >= 11 is 12.3. The molecule has 188 valence electrons. The van der Waals surface area contributed by atoms with Gasteiger partial charge in [-0.2, -0.15) is 9.61 Å². The molecule has 1 amide bonds. The van der Waals surface area contributed by atoms with Gasteiger partial charge in [0.2, 0.25) is 5.91 Å². The lowest BCUT2D eigenvalue weighted by atomic mass is 10.1. The fourth-order valence-electron chi connectivity index (χ4n) is 4.70. The summed E-state index contributed by atoms with van der Waals surface area (Å²) in [4.78, 5) is 17.3. The Balaban J connectivity index is 1.19. The molecule has 11 heteroatoms. The standard InChI is InChI=1S/C25H28Cl2N8O/c1-16-21(17(2)34(30-16)24-8-7-23-29-28-18(3)35(23)31-24)6-9-25(36)33-12-10-32(11-13-33)15-19-4-5-20(26)14-22(19)27/h4-5,7-8,14H,6,9-13,15H2,1-3H3. The Morgan fingerprint density at radius 1 is 0.972 bits per heavy atom. The van der Waals surface area contributed by atoms with Crippen molar-refractivity contribution in [3.8, 4) is 5.82 Å². The molecule has 0 bridgehead atoms. The average molecular weight is 527 g/mol. The monoisotopic (exact) mass is 526 g/mol. The fourth-order valence-corrected chi connectivity index (χ4v) is 5.16. The Bertz CT molecular complexity index is 1420. The number of hydrogen-bond donors (Lipinski definition) is 0. The molecule has 4 aromatic rings. The highest BCUT2D eigenvalue weighted by atomic mass is 35.5. The quantitative estimate of drug-likeness (QED) is 0.379. The Labute approximate surface area is 219 Å². The van der Waals surface area contributed by atoms with Crippen LogP contribution in [-0.4, -0.2) is 71.5 Å². The lowest BCUT2D eigenvalue weighted by molar-refractivity contribution is -0.133. The van der Waals surface area contributed by atoms with Gasteiger partial charge < -0.3 is 4.90 Å².